The Kier molecular flexibility index (Phi) is 5.73. The molecule has 2 unspecified atom stereocenters. The number of rotatable bonds is 4. The van der Waals surface area contributed by atoms with Gasteiger partial charge < -0.3 is 15.0 Å². The number of hydrogen-bond donors (Lipinski definition) is 1. The highest BCUT2D eigenvalue weighted by Gasteiger charge is 2.42. The second-order valence-corrected chi connectivity index (χ2v) is 7.58. The summed E-state index contributed by atoms with van der Waals surface area (Å²) in [5.74, 6) is -3.08. The summed E-state index contributed by atoms with van der Waals surface area (Å²) in [6.07, 6.45) is -4.59. The van der Waals surface area contributed by atoms with Crippen LogP contribution < -0.4 is 15.0 Å². The average Bonchev–Trinajstić information content (AvgIpc) is 3.07. The summed E-state index contributed by atoms with van der Waals surface area (Å²) < 4.78 is 57.4. The van der Waals surface area contributed by atoms with Crippen LogP contribution in [0.1, 0.15) is 22.9 Å². The van der Waals surface area contributed by atoms with Gasteiger partial charge in [0, 0.05) is 19.0 Å². The maximum Gasteiger partial charge on any atom is 0.471 e. The number of piperidine rings is 1. The number of ether oxygens (including phenoxy) is 1. The molecule has 1 aromatic carbocycles. The summed E-state index contributed by atoms with van der Waals surface area (Å²) in [5.41, 5.74) is 0.499. The minimum absolute atomic E-state index is 0.0430. The first-order valence-corrected chi connectivity index (χ1v) is 9.27. The fraction of sp³-hybridized carbons (Fsp3) is 0.471. The Morgan fingerprint density at radius 3 is 2.68 bits per heavy atom. The topological polar surface area (TPSA) is 67.3 Å². The molecule has 0 saturated carbocycles. The molecule has 28 heavy (non-hydrogen) atoms. The highest BCUT2D eigenvalue weighted by Crippen LogP contribution is 2.34. The van der Waals surface area contributed by atoms with Gasteiger partial charge in [-0.1, -0.05) is 17.4 Å². The van der Waals surface area contributed by atoms with Crippen molar-refractivity contribution in [1.82, 2.24) is 15.5 Å². The van der Waals surface area contributed by atoms with Gasteiger partial charge in [0.15, 0.2) is 11.6 Å². The van der Waals surface area contributed by atoms with Crippen molar-refractivity contribution in [2.24, 2.45) is 0 Å². The first kappa shape index (κ1) is 20.3. The zero-order chi connectivity index (χ0) is 20.5. The van der Waals surface area contributed by atoms with Gasteiger partial charge >= 0.3 is 12.1 Å². The summed E-state index contributed by atoms with van der Waals surface area (Å²) in [5, 5.41) is 11.3. The number of alkyl halides is 3. The van der Waals surface area contributed by atoms with Gasteiger partial charge in [0.05, 0.1) is 13.2 Å². The van der Waals surface area contributed by atoms with E-state index in [1.165, 1.54) is 30.6 Å². The van der Waals surface area contributed by atoms with Crippen LogP contribution in [0.15, 0.2) is 18.2 Å². The van der Waals surface area contributed by atoms with E-state index in [9.17, 15) is 22.4 Å². The van der Waals surface area contributed by atoms with Gasteiger partial charge in [0.1, 0.15) is 5.01 Å². The molecule has 1 aromatic heterocycles. The zero-order valence-electron chi connectivity index (χ0n) is 15.1. The normalized spacial score (nSPS) is 20.1. The highest BCUT2D eigenvalue weighted by molar-refractivity contribution is 7.15. The highest BCUT2D eigenvalue weighted by atomic mass is 32.1. The Hall–Kier alpha value is -2.43. The Morgan fingerprint density at radius 1 is 1.36 bits per heavy atom. The Labute approximate surface area is 162 Å². The van der Waals surface area contributed by atoms with Gasteiger partial charge in [-0.15, -0.1) is 10.2 Å². The van der Waals surface area contributed by atoms with E-state index in [1.807, 2.05) is 0 Å². The third-order valence-corrected chi connectivity index (χ3v) is 5.48. The van der Waals surface area contributed by atoms with Gasteiger partial charge in [-0.05, 0) is 31.0 Å². The van der Waals surface area contributed by atoms with Crippen LogP contribution in [-0.4, -0.2) is 48.5 Å². The molecular weight excluding hydrogens is 400 g/mol. The standard InChI is InChI=1S/C17H18F4N4O2S/c1-9-23-24-16(28-9)25-6-5-11(10-3-4-14(27-2)12(18)7-10)13(8-25)22-15(26)17(19,20)21/h3-4,7,11,13H,5-6,8H2,1-2H3,(H,22,26). The van der Waals surface area contributed by atoms with Crippen LogP contribution in [0, 0.1) is 12.7 Å². The summed E-state index contributed by atoms with van der Waals surface area (Å²) in [6.45, 7) is 2.37. The lowest BCUT2D eigenvalue weighted by molar-refractivity contribution is -0.174. The van der Waals surface area contributed by atoms with E-state index in [1.54, 1.807) is 17.9 Å². The lowest BCUT2D eigenvalue weighted by atomic mass is 9.85. The third kappa shape index (κ3) is 4.34. The first-order valence-electron chi connectivity index (χ1n) is 8.45. The van der Waals surface area contributed by atoms with Gasteiger partial charge in [-0.3, -0.25) is 4.79 Å². The van der Waals surface area contributed by atoms with Crippen LogP contribution in [0.4, 0.5) is 22.7 Å². The van der Waals surface area contributed by atoms with Gasteiger partial charge in [0.2, 0.25) is 5.13 Å². The first-order chi connectivity index (χ1) is 13.2. The number of anilines is 1. The fourth-order valence-corrected chi connectivity index (χ4v) is 3.97. The maximum absolute atomic E-state index is 14.1. The van der Waals surface area contributed by atoms with Crippen molar-refractivity contribution >= 4 is 22.4 Å². The lowest BCUT2D eigenvalue weighted by Crippen LogP contribution is -2.54. The largest absolute Gasteiger partial charge is 0.494 e. The van der Waals surface area contributed by atoms with Crippen LogP contribution in [-0.2, 0) is 4.79 Å². The van der Waals surface area contributed by atoms with Crippen molar-refractivity contribution in [3.05, 3.63) is 34.6 Å². The van der Waals surface area contributed by atoms with Gasteiger partial charge in [-0.25, -0.2) is 4.39 Å². The second kappa shape index (κ2) is 7.90. The predicted molar refractivity (Wildman–Crippen MR) is 95.2 cm³/mol. The molecule has 0 aliphatic carbocycles. The smallest absolute Gasteiger partial charge is 0.471 e. The monoisotopic (exact) mass is 418 g/mol. The second-order valence-electron chi connectivity index (χ2n) is 6.42. The maximum atomic E-state index is 14.1. The van der Waals surface area contributed by atoms with Crippen molar-refractivity contribution in [2.75, 3.05) is 25.1 Å². The molecule has 1 fully saturated rings. The van der Waals surface area contributed by atoms with Crippen LogP contribution in [0.3, 0.4) is 0 Å². The van der Waals surface area contributed by atoms with Crippen molar-refractivity contribution in [1.29, 1.82) is 0 Å². The number of aryl methyl sites for hydroxylation is 1. The quantitative estimate of drug-likeness (QED) is 0.774. The number of nitrogens with one attached hydrogen (secondary N) is 1. The number of halogens is 4. The SMILES string of the molecule is COc1ccc(C2CCN(c3nnc(C)s3)CC2NC(=O)C(F)(F)F)cc1F. The molecule has 2 aromatic rings. The van der Waals surface area contributed by atoms with E-state index in [0.29, 0.717) is 23.7 Å². The molecule has 0 bridgehead atoms. The minimum atomic E-state index is -5.00. The van der Waals surface area contributed by atoms with E-state index >= 15 is 0 Å². The van der Waals surface area contributed by atoms with Crippen LogP contribution in [0.5, 0.6) is 5.75 Å². The summed E-state index contributed by atoms with van der Waals surface area (Å²) in [4.78, 5) is 13.3. The Balaban J connectivity index is 1.87. The fourth-order valence-electron chi connectivity index (χ4n) is 3.25. The molecule has 0 spiro atoms. The molecule has 1 aliphatic heterocycles. The van der Waals surface area contributed by atoms with E-state index in [-0.39, 0.29) is 12.3 Å². The van der Waals surface area contributed by atoms with Gasteiger partial charge in [-0.2, -0.15) is 13.2 Å². The molecule has 152 valence electrons. The lowest BCUT2D eigenvalue weighted by Gasteiger charge is -2.39. The Morgan fingerprint density at radius 2 is 2.11 bits per heavy atom. The molecule has 1 aliphatic rings. The Bertz CT molecular complexity index is 858. The van der Waals surface area contributed by atoms with E-state index in [0.717, 1.165) is 5.01 Å². The van der Waals surface area contributed by atoms with Crippen molar-refractivity contribution in [2.45, 2.75) is 31.5 Å². The third-order valence-electron chi connectivity index (χ3n) is 4.58. The molecule has 6 nitrogen and oxygen atoms in total. The molecule has 1 amide bonds. The molecule has 0 radical (unpaired) electrons. The molecular formula is C17H18F4N4O2S. The number of hydrogen-bond acceptors (Lipinski definition) is 6. The summed E-state index contributed by atoms with van der Waals surface area (Å²) in [6, 6.07) is 3.39. The number of aromatic nitrogens is 2. The number of carbonyl (C=O) groups is 1. The van der Waals surface area contributed by atoms with E-state index < -0.39 is 29.9 Å². The number of nitrogens with zero attached hydrogens (tertiary/aromatic N) is 3. The van der Waals surface area contributed by atoms with Crippen LogP contribution in [0.25, 0.3) is 0 Å². The van der Waals surface area contributed by atoms with Crippen LogP contribution >= 0.6 is 11.3 Å². The van der Waals surface area contributed by atoms with Crippen molar-refractivity contribution in [3.8, 4) is 5.75 Å². The average molecular weight is 418 g/mol. The minimum Gasteiger partial charge on any atom is -0.494 e. The van der Waals surface area contributed by atoms with E-state index in [4.69, 9.17) is 4.74 Å². The summed E-state index contributed by atoms with van der Waals surface area (Å²) >= 11 is 1.32. The molecule has 2 atom stereocenters. The molecule has 2 heterocycles. The number of benzene rings is 1. The molecule has 1 N–H and O–H groups in total. The number of methoxy groups -OCH3 is 1. The summed E-state index contributed by atoms with van der Waals surface area (Å²) in [7, 11) is 1.33. The zero-order valence-corrected chi connectivity index (χ0v) is 15.9. The van der Waals surface area contributed by atoms with E-state index in [2.05, 4.69) is 15.5 Å². The van der Waals surface area contributed by atoms with Gasteiger partial charge in [0.25, 0.3) is 0 Å². The molecule has 11 heteroatoms. The van der Waals surface area contributed by atoms with Crippen molar-refractivity contribution in [3.63, 3.8) is 0 Å². The predicted octanol–water partition coefficient (Wildman–Crippen LogP) is 3.04. The number of carbonyl (C=O) groups excluding carboxylic acids is 1. The number of amides is 1. The molecule has 1 saturated heterocycles. The van der Waals surface area contributed by atoms with Crippen LogP contribution in [0.2, 0.25) is 0 Å². The molecule has 3 rings (SSSR count). The van der Waals surface area contributed by atoms with Crippen molar-refractivity contribution < 1.29 is 27.1 Å².